The molecule has 28 heavy (non-hydrogen) atoms. The number of rotatable bonds is 2. The van der Waals surface area contributed by atoms with Gasteiger partial charge in [0.25, 0.3) is 0 Å². The number of fused-ring (bicyclic) bond motifs is 5. The maximum atomic E-state index is 12.9. The number of hydrogen-bond donors (Lipinski definition) is 0. The molecule has 3 aromatic rings. The van der Waals surface area contributed by atoms with Crippen LogP contribution in [0.2, 0.25) is 0 Å². The number of carbonyl (C=O) groups is 1. The van der Waals surface area contributed by atoms with Crippen molar-refractivity contribution in [3.8, 4) is 11.5 Å². The molecule has 3 atom stereocenters. The van der Waals surface area contributed by atoms with Gasteiger partial charge in [0.2, 0.25) is 0 Å². The van der Waals surface area contributed by atoms with Gasteiger partial charge in [-0.1, -0.05) is 24.3 Å². The second kappa shape index (κ2) is 6.51. The summed E-state index contributed by atoms with van der Waals surface area (Å²) in [5.41, 5.74) is 1.53. The number of hydrogen-bond acceptors (Lipinski definition) is 5. The number of Topliss-reactive ketones (excluding diaryl/α,β-unsaturated/α-hetero) is 1. The highest BCUT2D eigenvalue weighted by Gasteiger charge is 2.47. The number of para-hydroxylation sites is 1. The summed E-state index contributed by atoms with van der Waals surface area (Å²) in [5, 5.41) is 0.770. The number of ketones is 1. The summed E-state index contributed by atoms with van der Waals surface area (Å²) in [6, 6.07) is 15.0. The van der Waals surface area contributed by atoms with Crippen molar-refractivity contribution in [2.45, 2.75) is 31.3 Å². The summed E-state index contributed by atoms with van der Waals surface area (Å²) in [4.78, 5) is 25.7. The standard InChI is InChI=1S/C23H20O5/c1-26-14-11-9-13(10-12-14)21-19-16(6-4-7-17(19)24)20-22(28-21)15-5-2-3-8-18(15)27-23(20)25/h2-3,5,8-12,16,19,21H,4,6-7H2,1H3. The van der Waals surface area contributed by atoms with Crippen LogP contribution in [0.5, 0.6) is 11.5 Å². The van der Waals surface area contributed by atoms with Crippen LogP contribution >= 0.6 is 0 Å². The minimum absolute atomic E-state index is 0.148. The minimum atomic E-state index is -0.429. The highest BCUT2D eigenvalue weighted by atomic mass is 16.5. The van der Waals surface area contributed by atoms with E-state index in [-0.39, 0.29) is 17.6 Å². The van der Waals surface area contributed by atoms with Crippen LogP contribution in [0.3, 0.4) is 0 Å². The Kier molecular flexibility index (Phi) is 3.97. The molecule has 5 heteroatoms. The number of ether oxygens (including phenoxy) is 2. The molecular formula is C23H20O5. The molecule has 0 radical (unpaired) electrons. The Morgan fingerprint density at radius 1 is 1.04 bits per heavy atom. The third kappa shape index (κ3) is 2.53. The fraction of sp³-hybridized carbons (Fsp3) is 0.304. The molecule has 1 aliphatic heterocycles. The third-order valence-corrected chi connectivity index (χ3v) is 5.93. The Labute approximate surface area is 161 Å². The van der Waals surface area contributed by atoms with E-state index in [9.17, 15) is 9.59 Å². The van der Waals surface area contributed by atoms with E-state index in [4.69, 9.17) is 13.9 Å². The van der Waals surface area contributed by atoms with Gasteiger partial charge in [0, 0.05) is 12.3 Å². The van der Waals surface area contributed by atoms with E-state index in [0.717, 1.165) is 29.5 Å². The maximum Gasteiger partial charge on any atom is 0.343 e. The zero-order valence-electron chi connectivity index (χ0n) is 15.5. The SMILES string of the molecule is COc1ccc(C2Oc3c(c(=O)oc4ccccc34)C3CCCC(=O)C32)cc1. The fourth-order valence-corrected chi connectivity index (χ4v) is 4.62. The van der Waals surface area contributed by atoms with E-state index >= 15 is 0 Å². The molecule has 5 rings (SSSR count). The molecule has 5 nitrogen and oxygen atoms in total. The van der Waals surface area contributed by atoms with Gasteiger partial charge in [-0.2, -0.15) is 0 Å². The number of benzene rings is 2. The molecule has 2 heterocycles. The molecule has 0 bridgehead atoms. The molecule has 1 fully saturated rings. The van der Waals surface area contributed by atoms with Crippen LogP contribution in [-0.2, 0) is 4.79 Å². The summed E-state index contributed by atoms with van der Waals surface area (Å²) in [5.74, 6) is 0.896. The van der Waals surface area contributed by atoms with Gasteiger partial charge in [-0.15, -0.1) is 0 Å². The van der Waals surface area contributed by atoms with E-state index in [1.807, 2.05) is 42.5 Å². The van der Waals surface area contributed by atoms with E-state index < -0.39 is 11.7 Å². The van der Waals surface area contributed by atoms with E-state index in [2.05, 4.69) is 0 Å². The summed E-state index contributed by atoms with van der Waals surface area (Å²) >= 11 is 0. The fourth-order valence-electron chi connectivity index (χ4n) is 4.62. The average Bonchev–Trinajstić information content (AvgIpc) is 2.73. The summed E-state index contributed by atoms with van der Waals surface area (Å²) in [6.45, 7) is 0. The lowest BCUT2D eigenvalue weighted by Crippen LogP contribution is -2.40. The Morgan fingerprint density at radius 2 is 1.82 bits per heavy atom. The molecule has 2 aromatic carbocycles. The van der Waals surface area contributed by atoms with E-state index in [0.29, 0.717) is 23.3 Å². The first kappa shape index (κ1) is 17.0. The summed E-state index contributed by atoms with van der Waals surface area (Å²) < 4.78 is 17.2. The van der Waals surface area contributed by atoms with Gasteiger partial charge < -0.3 is 13.9 Å². The summed E-state index contributed by atoms with van der Waals surface area (Å²) in [7, 11) is 1.62. The van der Waals surface area contributed by atoms with Gasteiger partial charge in [0.1, 0.15) is 29.0 Å². The van der Waals surface area contributed by atoms with Crippen LogP contribution < -0.4 is 15.1 Å². The second-order valence-electron chi connectivity index (χ2n) is 7.43. The quantitative estimate of drug-likeness (QED) is 0.621. The Hall–Kier alpha value is -3.08. The predicted molar refractivity (Wildman–Crippen MR) is 104 cm³/mol. The first-order chi connectivity index (χ1) is 13.7. The van der Waals surface area contributed by atoms with Crippen molar-refractivity contribution in [3.05, 3.63) is 70.1 Å². The average molecular weight is 376 g/mol. The number of carbonyl (C=O) groups excluding carboxylic acids is 1. The smallest absolute Gasteiger partial charge is 0.343 e. The first-order valence-electron chi connectivity index (χ1n) is 9.56. The van der Waals surface area contributed by atoms with Crippen LogP contribution in [0.25, 0.3) is 11.0 Å². The Bertz CT molecular complexity index is 1110. The Balaban J connectivity index is 1.72. The minimum Gasteiger partial charge on any atom is -0.497 e. The lowest BCUT2D eigenvalue weighted by atomic mass is 9.69. The zero-order chi connectivity index (χ0) is 19.3. The largest absolute Gasteiger partial charge is 0.497 e. The molecule has 0 saturated heterocycles. The number of methoxy groups -OCH3 is 1. The van der Waals surface area contributed by atoms with Crippen LogP contribution in [0, 0.1) is 5.92 Å². The molecule has 0 spiro atoms. The topological polar surface area (TPSA) is 65.7 Å². The van der Waals surface area contributed by atoms with Crippen LogP contribution in [-0.4, -0.2) is 12.9 Å². The molecule has 1 aromatic heterocycles. The molecular weight excluding hydrogens is 356 g/mol. The van der Waals surface area contributed by atoms with Gasteiger partial charge in [0.05, 0.1) is 24.0 Å². The van der Waals surface area contributed by atoms with Gasteiger partial charge in [-0.25, -0.2) is 4.79 Å². The molecule has 3 unspecified atom stereocenters. The lowest BCUT2D eigenvalue weighted by molar-refractivity contribution is -0.130. The van der Waals surface area contributed by atoms with Gasteiger partial charge in [0.15, 0.2) is 0 Å². The molecule has 2 aliphatic rings. The normalized spacial score (nSPS) is 23.6. The van der Waals surface area contributed by atoms with Crippen molar-refractivity contribution in [1.82, 2.24) is 0 Å². The van der Waals surface area contributed by atoms with Crippen molar-refractivity contribution in [3.63, 3.8) is 0 Å². The predicted octanol–water partition coefficient (Wildman–Crippen LogP) is 4.39. The lowest BCUT2D eigenvalue weighted by Gasteiger charge is -2.41. The first-order valence-corrected chi connectivity index (χ1v) is 9.56. The zero-order valence-corrected chi connectivity index (χ0v) is 15.5. The van der Waals surface area contributed by atoms with Gasteiger partial charge in [-0.05, 0) is 42.7 Å². The molecule has 142 valence electrons. The molecule has 0 amide bonds. The highest BCUT2D eigenvalue weighted by molar-refractivity contribution is 5.88. The van der Waals surface area contributed by atoms with Crippen molar-refractivity contribution in [2.24, 2.45) is 5.92 Å². The molecule has 0 N–H and O–H groups in total. The summed E-state index contributed by atoms with van der Waals surface area (Å²) in [6.07, 6.45) is 1.65. The van der Waals surface area contributed by atoms with Crippen molar-refractivity contribution in [2.75, 3.05) is 7.11 Å². The molecule has 1 saturated carbocycles. The maximum absolute atomic E-state index is 12.9. The van der Waals surface area contributed by atoms with Crippen molar-refractivity contribution < 1.29 is 18.7 Å². The third-order valence-electron chi connectivity index (χ3n) is 5.93. The van der Waals surface area contributed by atoms with E-state index in [1.54, 1.807) is 13.2 Å². The van der Waals surface area contributed by atoms with E-state index in [1.165, 1.54) is 0 Å². The van der Waals surface area contributed by atoms with Crippen molar-refractivity contribution in [1.29, 1.82) is 0 Å². The Morgan fingerprint density at radius 3 is 2.61 bits per heavy atom. The highest BCUT2D eigenvalue weighted by Crippen LogP contribution is 2.51. The van der Waals surface area contributed by atoms with Crippen molar-refractivity contribution >= 4 is 16.8 Å². The van der Waals surface area contributed by atoms with Crippen LogP contribution in [0.15, 0.2) is 57.7 Å². The van der Waals surface area contributed by atoms with Crippen LogP contribution in [0.4, 0.5) is 0 Å². The van der Waals surface area contributed by atoms with Gasteiger partial charge >= 0.3 is 5.63 Å². The molecule has 1 aliphatic carbocycles. The van der Waals surface area contributed by atoms with Gasteiger partial charge in [-0.3, -0.25) is 4.79 Å². The van der Waals surface area contributed by atoms with Crippen LogP contribution in [0.1, 0.15) is 42.4 Å². The monoisotopic (exact) mass is 376 g/mol. The second-order valence-corrected chi connectivity index (χ2v) is 7.43.